The van der Waals surface area contributed by atoms with Crippen LogP contribution >= 0.6 is 0 Å². The number of alkyl carbamates (subject to hydrolysis) is 1. The first-order valence-electron chi connectivity index (χ1n) is 15.6. The number of hydrogen-bond donors (Lipinski definition) is 4. The topological polar surface area (TPSA) is 152 Å². The Morgan fingerprint density at radius 2 is 1.57 bits per heavy atom. The molecule has 0 radical (unpaired) electrons. The Kier molecular flexibility index (Phi) is 16.2. The number of esters is 1. The number of rotatable bonds is 17. The van der Waals surface area contributed by atoms with E-state index in [0.717, 1.165) is 18.4 Å². The molecule has 0 bridgehead atoms. The zero-order valence-electron chi connectivity index (χ0n) is 28.1. The fourth-order valence-electron chi connectivity index (χ4n) is 4.15. The predicted molar refractivity (Wildman–Crippen MR) is 169 cm³/mol. The summed E-state index contributed by atoms with van der Waals surface area (Å²) in [6, 6.07) is 5.55. The van der Waals surface area contributed by atoms with Gasteiger partial charge in [0.25, 0.3) is 0 Å². The molecule has 4 atom stereocenters. The molecule has 44 heavy (non-hydrogen) atoms. The first-order valence-corrected chi connectivity index (χ1v) is 15.6. The van der Waals surface area contributed by atoms with Crippen LogP contribution in [0.15, 0.2) is 24.3 Å². The molecular formula is C33H55N3O8. The molecule has 0 aliphatic heterocycles. The van der Waals surface area contributed by atoms with E-state index in [0.29, 0.717) is 25.3 Å². The van der Waals surface area contributed by atoms with Gasteiger partial charge in [0.2, 0.25) is 11.8 Å². The number of carbonyl (C=O) groups is 4. The van der Waals surface area contributed by atoms with Crippen molar-refractivity contribution in [3.63, 3.8) is 0 Å². The van der Waals surface area contributed by atoms with Crippen molar-refractivity contribution >= 4 is 23.9 Å². The van der Waals surface area contributed by atoms with E-state index in [4.69, 9.17) is 14.2 Å². The van der Waals surface area contributed by atoms with Crippen molar-refractivity contribution in [3.05, 3.63) is 29.8 Å². The fraction of sp³-hybridized carbons (Fsp3) is 0.697. The molecule has 3 unspecified atom stereocenters. The van der Waals surface area contributed by atoms with Gasteiger partial charge in [0, 0.05) is 18.9 Å². The standard InChI is InChI=1S/C33H55N3O8/c1-10-11-17-34-29(39)22(2)19-27(37)26(36-30(40)23(3)35-31(41)44-33(7,8)9)21-24-14-12-15-25(20-24)42-18-13-16-28(38)43-32(4,5)6/h12,14-15,20,22-23,26-27,37H,10-11,13,16-19,21H2,1-9H3,(H,34,39)(H,35,41)(H,36,40)/t22?,23-,26?,27?/m0/s1. The van der Waals surface area contributed by atoms with Gasteiger partial charge in [0.05, 0.1) is 18.8 Å². The van der Waals surface area contributed by atoms with E-state index in [1.165, 1.54) is 6.92 Å². The van der Waals surface area contributed by atoms with Crippen molar-refractivity contribution in [2.45, 2.75) is 130 Å². The number of amides is 3. The molecule has 1 rings (SSSR count). The van der Waals surface area contributed by atoms with Crippen molar-refractivity contribution in [2.24, 2.45) is 5.92 Å². The molecule has 0 aliphatic carbocycles. The van der Waals surface area contributed by atoms with Crippen molar-refractivity contribution in [2.75, 3.05) is 13.2 Å². The Morgan fingerprint density at radius 1 is 0.909 bits per heavy atom. The molecule has 0 spiro atoms. The summed E-state index contributed by atoms with van der Waals surface area (Å²) in [7, 11) is 0. The summed E-state index contributed by atoms with van der Waals surface area (Å²) in [6.07, 6.45) is 1.11. The molecule has 11 nitrogen and oxygen atoms in total. The van der Waals surface area contributed by atoms with Gasteiger partial charge < -0.3 is 35.3 Å². The Hall–Kier alpha value is -3.34. The Balaban J connectivity index is 2.95. The third-order valence-corrected chi connectivity index (χ3v) is 6.36. The third kappa shape index (κ3) is 17.1. The lowest BCUT2D eigenvalue weighted by Gasteiger charge is -2.28. The molecule has 11 heteroatoms. The van der Waals surface area contributed by atoms with Gasteiger partial charge in [-0.1, -0.05) is 32.4 Å². The van der Waals surface area contributed by atoms with E-state index >= 15 is 0 Å². The summed E-state index contributed by atoms with van der Waals surface area (Å²) in [5.74, 6) is -0.863. The van der Waals surface area contributed by atoms with Gasteiger partial charge in [-0.05, 0) is 91.8 Å². The first kappa shape index (κ1) is 38.7. The number of aliphatic hydroxyl groups excluding tert-OH is 1. The molecule has 0 fully saturated rings. The second-order valence-electron chi connectivity index (χ2n) is 13.2. The van der Waals surface area contributed by atoms with Crippen LogP contribution in [0.2, 0.25) is 0 Å². The van der Waals surface area contributed by atoms with Crippen LogP contribution in [0.5, 0.6) is 5.75 Å². The summed E-state index contributed by atoms with van der Waals surface area (Å²) in [4.78, 5) is 49.8. The average Bonchev–Trinajstić information content (AvgIpc) is 2.88. The molecule has 0 heterocycles. The van der Waals surface area contributed by atoms with E-state index in [-0.39, 0.29) is 31.1 Å². The van der Waals surface area contributed by atoms with Crippen LogP contribution in [0.1, 0.15) is 100.0 Å². The zero-order chi connectivity index (χ0) is 33.5. The van der Waals surface area contributed by atoms with Gasteiger partial charge in [-0.25, -0.2) is 4.79 Å². The van der Waals surface area contributed by atoms with Gasteiger partial charge in [0.1, 0.15) is 23.0 Å². The van der Waals surface area contributed by atoms with Crippen molar-refractivity contribution in [3.8, 4) is 5.75 Å². The normalized spacial score (nSPS) is 14.4. The lowest BCUT2D eigenvalue weighted by atomic mass is 9.93. The van der Waals surface area contributed by atoms with Crippen molar-refractivity contribution in [1.82, 2.24) is 16.0 Å². The molecule has 0 aromatic heterocycles. The second-order valence-corrected chi connectivity index (χ2v) is 13.2. The fourth-order valence-corrected chi connectivity index (χ4v) is 4.15. The summed E-state index contributed by atoms with van der Waals surface area (Å²) in [6.45, 7) is 16.8. The Labute approximate surface area is 263 Å². The molecule has 0 saturated carbocycles. The number of unbranched alkanes of at least 4 members (excludes halogenated alkanes) is 1. The quantitative estimate of drug-likeness (QED) is 0.147. The van der Waals surface area contributed by atoms with Crippen LogP contribution in [-0.4, -0.2) is 71.5 Å². The van der Waals surface area contributed by atoms with Crippen molar-refractivity contribution < 1.29 is 38.5 Å². The largest absolute Gasteiger partial charge is 0.494 e. The van der Waals surface area contributed by atoms with Gasteiger partial charge >= 0.3 is 12.1 Å². The number of hydrogen-bond acceptors (Lipinski definition) is 8. The maximum absolute atomic E-state index is 13.1. The highest BCUT2D eigenvalue weighted by Gasteiger charge is 2.29. The molecule has 250 valence electrons. The van der Waals surface area contributed by atoms with E-state index in [1.807, 2.05) is 39.8 Å². The molecule has 4 N–H and O–H groups in total. The lowest BCUT2D eigenvalue weighted by Crippen LogP contribution is -2.53. The number of aliphatic hydroxyl groups is 1. The number of nitrogens with one attached hydrogen (secondary N) is 3. The van der Waals surface area contributed by atoms with Gasteiger partial charge in [0.15, 0.2) is 0 Å². The lowest BCUT2D eigenvalue weighted by molar-refractivity contribution is -0.155. The highest BCUT2D eigenvalue weighted by Crippen LogP contribution is 2.19. The monoisotopic (exact) mass is 621 g/mol. The number of carbonyl (C=O) groups excluding carboxylic acids is 4. The van der Waals surface area contributed by atoms with E-state index in [2.05, 4.69) is 16.0 Å². The minimum Gasteiger partial charge on any atom is -0.494 e. The Morgan fingerprint density at radius 3 is 2.18 bits per heavy atom. The van der Waals surface area contributed by atoms with E-state index in [9.17, 15) is 24.3 Å². The van der Waals surface area contributed by atoms with Crippen LogP contribution in [0.4, 0.5) is 4.79 Å². The first-order chi connectivity index (χ1) is 20.4. The van der Waals surface area contributed by atoms with Gasteiger partial charge in [-0.2, -0.15) is 0 Å². The molecule has 0 saturated heterocycles. The van der Waals surface area contributed by atoms with Gasteiger partial charge in [-0.3, -0.25) is 14.4 Å². The maximum atomic E-state index is 13.1. The third-order valence-electron chi connectivity index (χ3n) is 6.36. The highest BCUT2D eigenvalue weighted by molar-refractivity contribution is 5.85. The SMILES string of the molecule is CCCCNC(=O)C(C)CC(O)C(Cc1cccc(OCCCC(=O)OC(C)(C)C)c1)NC(=O)[C@H](C)NC(=O)OC(C)(C)C. The predicted octanol–water partition coefficient (Wildman–Crippen LogP) is 4.43. The molecule has 1 aromatic carbocycles. The van der Waals surface area contributed by atoms with Crippen LogP contribution < -0.4 is 20.7 Å². The molecular weight excluding hydrogens is 566 g/mol. The van der Waals surface area contributed by atoms with Crippen LogP contribution in [0.3, 0.4) is 0 Å². The van der Waals surface area contributed by atoms with Crippen molar-refractivity contribution in [1.29, 1.82) is 0 Å². The molecule has 0 aliphatic rings. The minimum atomic E-state index is -1.06. The Bertz CT molecular complexity index is 1060. The smallest absolute Gasteiger partial charge is 0.408 e. The summed E-state index contributed by atoms with van der Waals surface area (Å²) in [5.41, 5.74) is -0.481. The number of benzene rings is 1. The highest BCUT2D eigenvalue weighted by atomic mass is 16.6. The summed E-state index contributed by atoms with van der Waals surface area (Å²) >= 11 is 0. The number of ether oxygens (including phenoxy) is 3. The van der Waals surface area contributed by atoms with Crippen LogP contribution in [0, 0.1) is 5.92 Å². The zero-order valence-corrected chi connectivity index (χ0v) is 28.1. The summed E-state index contributed by atoms with van der Waals surface area (Å²) < 4.78 is 16.4. The molecule has 1 aromatic rings. The van der Waals surface area contributed by atoms with E-state index < -0.39 is 47.3 Å². The minimum absolute atomic E-state index is 0.123. The summed E-state index contributed by atoms with van der Waals surface area (Å²) in [5, 5.41) is 19.5. The average molecular weight is 622 g/mol. The molecule has 3 amide bonds. The van der Waals surface area contributed by atoms with Crippen LogP contribution in [0.25, 0.3) is 0 Å². The van der Waals surface area contributed by atoms with Crippen LogP contribution in [-0.2, 0) is 30.3 Å². The second kappa shape index (κ2) is 18.5. The van der Waals surface area contributed by atoms with Gasteiger partial charge in [-0.15, -0.1) is 0 Å². The van der Waals surface area contributed by atoms with E-state index in [1.54, 1.807) is 39.8 Å². The maximum Gasteiger partial charge on any atom is 0.408 e.